The number of anilines is 1. The molecule has 0 radical (unpaired) electrons. The Morgan fingerprint density at radius 2 is 2.00 bits per heavy atom. The molecule has 0 amide bonds. The molecule has 0 spiro atoms. The molecule has 1 aliphatic rings. The standard InChI is InChI=1S/C16H25N7S.HI/c1-13(2)12-23-5-3-18-14(23)11-20-15(17)21-6-8-22(9-7-21)16-19-4-10-24-16;/h3-5,10,13H,6-9,11-12H2,1-2H3,(H2,17,20);1H. The highest BCUT2D eigenvalue weighted by atomic mass is 127. The number of hydrogen-bond donors (Lipinski definition) is 1. The van der Waals surface area contributed by atoms with Gasteiger partial charge < -0.3 is 20.1 Å². The van der Waals surface area contributed by atoms with E-state index >= 15 is 0 Å². The van der Waals surface area contributed by atoms with Crippen molar-refractivity contribution in [2.45, 2.75) is 26.9 Å². The van der Waals surface area contributed by atoms with Crippen LogP contribution in [0.5, 0.6) is 0 Å². The lowest BCUT2D eigenvalue weighted by Gasteiger charge is -2.35. The Balaban J connectivity index is 0.00000225. The van der Waals surface area contributed by atoms with Crippen LogP contribution in [0.2, 0.25) is 0 Å². The van der Waals surface area contributed by atoms with Crippen LogP contribution in [0.1, 0.15) is 19.7 Å². The minimum atomic E-state index is 0. The average Bonchev–Trinajstić information content (AvgIpc) is 3.24. The van der Waals surface area contributed by atoms with Crippen molar-refractivity contribution >= 4 is 46.4 Å². The van der Waals surface area contributed by atoms with Gasteiger partial charge in [-0.25, -0.2) is 15.0 Å². The third-order valence-electron chi connectivity index (χ3n) is 4.04. The van der Waals surface area contributed by atoms with Crippen LogP contribution in [0.3, 0.4) is 0 Å². The molecular formula is C16H26IN7S. The molecule has 3 rings (SSSR count). The molecular weight excluding hydrogens is 449 g/mol. The van der Waals surface area contributed by atoms with Crippen LogP contribution >= 0.6 is 35.3 Å². The summed E-state index contributed by atoms with van der Waals surface area (Å²) in [5.74, 6) is 2.15. The van der Waals surface area contributed by atoms with Crippen LogP contribution in [0, 0.1) is 5.92 Å². The van der Waals surface area contributed by atoms with Crippen molar-refractivity contribution in [1.82, 2.24) is 19.4 Å². The van der Waals surface area contributed by atoms with Crippen molar-refractivity contribution in [3.63, 3.8) is 0 Å². The van der Waals surface area contributed by atoms with Gasteiger partial charge in [0, 0.05) is 56.7 Å². The van der Waals surface area contributed by atoms with Gasteiger partial charge in [0.15, 0.2) is 11.1 Å². The molecule has 2 aromatic heterocycles. The Labute approximate surface area is 170 Å². The molecule has 9 heteroatoms. The van der Waals surface area contributed by atoms with Gasteiger partial charge in [0.1, 0.15) is 12.4 Å². The average molecular weight is 475 g/mol. The van der Waals surface area contributed by atoms with Gasteiger partial charge in [-0.2, -0.15) is 0 Å². The lowest BCUT2D eigenvalue weighted by molar-refractivity contribution is 0.380. The molecule has 1 saturated heterocycles. The topological polar surface area (TPSA) is 75.6 Å². The number of nitrogens with two attached hydrogens (primary N) is 1. The van der Waals surface area contributed by atoms with Crippen LogP contribution < -0.4 is 10.6 Å². The molecule has 25 heavy (non-hydrogen) atoms. The summed E-state index contributed by atoms with van der Waals surface area (Å²) in [4.78, 5) is 17.8. The van der Waals surface area contributed by atoms with Gasteiger partial charge in [-0.15, -0.1) is 35.3 Å². The molecule has 0 aliphatic carbocycles. The normalized spacial score (nSPS) is 15.6. The first-order valence-corrected chi connectivity index (χ1v) is 9.20. The molecule has 0 bridgehead atoms. The molecule has 138 valence electrons. The number of guanidine groups is 1. The van der Waals surface area contributed by atoms with E-state index in [4.69, 9.17) is 5.73 Å². The molecule has 2 aromatic rings. The zero-order valence-electron chi connectivity index (χ0n) is 14.7. The molecule has 1 fully saturated rings. The maximum atomic E-state index is 6.19. The summed E-state index contributed by atoms with van der Waals surface area (Å²) in [6, 6.07) is 0. The summed E-state index contributed by atoms with van der Waals surface area (Å²) in [7, 11) is 0. The first-order chi connectivity index (χ1) is 11.6. The molecule has 2 N–H and O–H groups in total. The first kappa shape index (κ1) is 20.0. The van der Waals surface area contributed by atoms with E-state index in [2.05, 4.69) is 43.2 Å². The van der Waals surface area contributed by atoms with Crippen molar-refractivity contribution in [1.29, 1.82) is 0 Å². The molecule has 1 aliphatic heterocycles. The zero-order chi connectivity index (χ0) is 16.9. The highest BCUT2D eigenvalue weighted by molar-refractivity contribution is 14.0. The van der Waals surface area contributed by atoms with E-state index in [-0.39, 0.29) is 24.0 Å². The van der Waals surface area contributed by atoms with Gasteiger partial charge in [-0.3, -0.25) is 0 Å². The number of hydrogen-bond acceptors (Lipinski definition) is 5. The number of piperazine rings is 1. The summed E-state index contributed by atoms with van der Waals surface area (Å²) in [5, 5.41) is 3.09. The Morgan fingerprint density at radius 3 is 2.64 bits per heavy atom. The zero-order valence-corrected chi connectivity index (χ0v) is 17.9. The number of rotatable bonds is 5. The predicted octanol–water partition coefficient (Wildman–Crippen LogP) is 2.25. The lowest BCUT2D eigenvalue weighted by atomic mass is 10.2. The van der Waals surface area contributed by atoms with Gasteiger partial charge in [0.25, 0.3) is 0 Å². The first-order valence-electron chi connectivity index (χ1n) is 8.33. The van der Waals surface area contributed by atoms with E-state index in [0.29, 0.717) is 18.4 Å². The van der Waals surface area contributed by atoms with Crippen LogP contribution in [0.4, 0.5) is 5.13 Å². The Hall–Kier alpha value is -1.36. The van der Waals surface area contributed by atoms with E-state index in [0.717, 1.165) is 43.7 Å². The Morgan fingerprint density at radius 1 is 1.24 bits per heavy atom. The summed E-state index contributed by atoms with van der Waals surface area (Å²) in [5.41, 5.74) is 6.19. The van der Waals surface area contributed by atoms with Gasteiger partial charge in [0.05, 0.1) is 0 Å². The lowest BCUT2D eigenvalue weighted by Crippen LogP contribution is -2.51. The number of halogens is 1. The smallest absolute Gasteiger partial charge is 0.191 e. The Kier molecular flexibility index (Phi) is 7.48. The van der Waals surface area contributed by atoms with Crippen LogP contribution in [-0.4, -0.2) is 51.6 Å². The minimum Gasteiger partial charge on any atom is -0.370 e. The van der Waals surface area contributed by atoms with Crippen molar-refractivity contribution in [3.8, 4) is 0 Å². The van der Waals surface area contributed by atoms with E-state index in [9.17, 15) is 0 Å². The van der Waals surface area contributed by atoms with Crippen molar-refractivity contribution in [3.05, 3.63) is 29.8 Å². The van der Waals surface area contributed by atoms with Crippen molar-refractivity contribution in [2.24, 2.45) is 16.6 Å². The second-order valence-electron chi connectivity index (χ2n) is 6.35. The molecule has 0 aromatic carbocycles. The fraction of sp³-hybridized carbons (Fsp3) is 0.562. The summed E-state index contributed by atoms with van der Waals surface area (Å²) < 4.78 is 2.15. The van der Waals surface area contributed by atoms with Crippen molar-refractivity contribution in [2.75, 3.05) is 31.1 Å². The monoisotopic (exact) mass is 475 g/mol. The quantitative estimate of drug-likeness (QED) is 0.408. The fourth-order valence-corrected chi connectivity index (χ4v) is 3.50. The van der Waals surface area contributed by atoms with Crippen molar-refractivity contribution < 1.29 is 0 Å². The number of imidazole rings is 1. The van der Waals surface area contributed by atoms with Crippen LogP contribution in [0.25, 0.3) is 0 Å². The molecule has 7 nitrogen and oxygen atoms in total. The minimum absolute atomic E-state index is 0. The summed E-state index contributed by atoms with van der Waals surface area (Å²) in [6.07, 6.45) is 5.69. The second kappa shape index (κ2) is 9.37. The maximum Gasteiger partial charge on any atom is 0.191 e. The summed E-state index contributed by atoms with van der Waals surface area (Å²) >= 11 is 1.68. The van der Waals surface area contributed by atoms with E-state index in [1.54, 1.807) is 11.3 Å². The van der Waals surface area contributed by atoms with Gasteiger partial charge in [-0.1, -0.05) is 13.8 Å². The number of aromatic nitrogens is 3. The third kappa shape index (κ3) is 5.30. The molecule has 0 unspecified atom stereocenters. The highest BCUT2D eigenvalue weighted by Crippen LogP contribution is 2.18. The van der Waals surface area contributed by atoms with E-state index in [1.165, 1.54) is 0 Å². The van der Waals surface area contributed by atoms with Crippen LogP contribution in [-0.2, 0) is 13.1 Å². The maximum absolute atomic E-state index is 6.19. The number of aliphatic imine (C=N–C) groups is 1. The van der Waals surface area contributed by atoms with E-state index in [1.807, 2.05) is 24.0 Å². The van der Waals surface area contributed by atoms with E-state index < -0.39 is 0 Å². The number of nitrogens with zero attached hydrogens (tertiary/aromatic N) is 6. The summed E-state index contributed by atoms with van der Waals surface area (Å²) in [6.45, 7) is 9.46. The molecule has 0 saturated carbocycles. The van der Waals surface area contributed by atoms with Crippen LogP contribution in [0.15, 0.2) is 29.0 Å². The predicted molar refractivity (Wildman–Crippen MR) is 114 cm³/mol. The molecule has 3 heterocycles. The van der Waals surface area contributed by atoms with Gasteiger partial charge in [-0.05, 0) is 5.92 Å². The third-order valence-corrected chi connectivity index (χ3v) is 4.87. The van der Waals surface area contributed by atoms with Gasteiger partial charge in [0.2, 0.25) is 0 Å². The second-order valence-corrected chi connectivity index (χ2v) is 7.23. The Bertz CT molecular complexity index is 660. The molecule has 0 atom stereocenters. The number of thiazole rings is 1. The van der Waals surface area contributed by atoms with Gasteiger partial charge >= 0.3 is 0 Å². The largest absolute Gasteiger partial charge is 0.370 e. The SMILES string of the molecule is CC(C)Cn1ccnc1CN=C(N)N1CCN(c2nccs2)CC1.I. The fourth-order valence-electron chi connectivity index (χ4n) is 2.80. The highest BCUT2D eigenvalue weighted by Gasteiger charge is 2.19.